The minimum atomic E-state index is -0.729. The van der Waals surface area contributed by atoms with Crippen LogP contribution in [0.5, 0.6) is 11.5 Å². The molecule has 1 amide bonds. The molecule has 1 heterocycles. The zero-order valence-electron chi connectivity index (χ0n) is 13.6. The number of pyridine rings is 1. The molecule has 26 heavy (non-hydrogen) atoms. The number of nitrogen functional groups attached to an aromatic ring is 1. The monoisotopic (exact) mass is 371 g/mol. The number of carbonyl (C=O) groups is 1. The Morgan fingerprint density at radius 3 is 2.54 bits per heavy atom. The van der Waals surface area contributed by atoms with Crippen molar-refractivity contribution in [1.82, 2.24) is 10.3 Å². The summed E-state index contributed by atoms with van der Waals surface area (Å²) in [4.78, 5) is 15.5. The molecule has 1 aromatic heterocycles. The van der Waals surface area contributed by atoms with E-state index in [1.54, 1.807) is 24.3 Å². The number of hydrogen-bond donors (Lipinski definition) is 2. The molecule has 0 aliphatic rings. The Bertz CT molecular complexity index is 932. The number of anilines is 1. The normalized spacial score (nSPS) is 10.4. The lowest BCUT2D eigenvalue weighted by molar-refractivity contribution is 0.0951. The molecule has 0 atom stereocenters. The van der Waals surface area contributed by atoms with Crippen LogP contribution in [-0.4, -0.2) is 10.9 Å². The average Bonchev–Trinajstić information content (AvgIpc) is 2.63. The molecule has 132 valence electrons. The molecule has 0 unspecified atom stereocenters. The lowest BCUT2D eigenvalue weighted by Crippen LogP contribution is -2.24. The van der Waals surface area contributed by atoms with Crippen LogP contribution in [0.3, 0.4) is 0 Å². The van der Waals surface area contributed by atoms with Crippen molar-refractivity contribution in [3.8, 4) is 11.5 Å². The standard InChI is InChI=1S/C19H15ClFN3O2/c20-15-3-1-2-4-16(15)26-13-7-5-12(6-8-13)11-23-19(25)14-9-10-17(21)24-18(14)22/h1-10H,11H2,(H2,22,24)(H,23,25). The second-order valence-electron chi connectivity index (χ2n) is 5.43. The number of aromatic nitrogens is 1. The third kappa shape index (κ3) is 4.29. The van der Waals surface area contributed by atoms with Gasteiger partial charge in [0.2, 0.25) is 5.95 Å². The number of nitrogens with zero attached hydrogens (tertiary/aromatic N) is 1. The summed E-state index contributed by atoms with van der Waals surface area (Å²) in [6.07, 6.45) is 0. The van der Waals surface area contributed by atoms with Crippen LogP contribution in [0.1, 0.15) is 15.9 Å². The fraction of sp³-hybridized carbons (Fsp3) is 0.0526. The number of ether oxygens (including phenoxy) is 1. The Morgan fingerprint density at radius 1 is 1.12 bits per heavy atom. The Hall–Kier alpha value is -3.12. The van der Waals surface area contributed by atoms with Crippen molar-refractivity contribution >= 4 is 23.3 Å². The van der Waals surface area contributed by atoms with Crippen LogP contribution >= 0.6 is 11.6 Å². The first-order chi connectivity index (χ1) is 12.5. The van der Waals surface area contributed by atoms with E-state index in [1.165, 1.54) is 6.07 Å². The zero-order valence-corrected chi connectivity index (χ0v) is 14.3. The first kappa shape index (κ1) is 17.7. The van der Waals surface area contributed by atoms with Gasteiger partial charge >= 0.3 is 0 Å². The zero-order chi connectivity index (χ0) is 18.5. The van der Waals surface area contributed by atoms with Gasteiger partial charge in [0.05, 0.1) is 10.6 Å². The third-order valence-electron chi connectivity index (χ3n) is 3.58. The lowest BCUT2D eigenvalue weighted by Gasteiger charge is -2.09. The maximum atomic E-state index is 12.9. The number of benzene rings is 2. The van der Waals surface area contributed by atoms with Crippen LogP contribution in [0.15, 0.2) is 60.7 Å². The molecule has 3 N–H and O–H groups in total. The summed E-state index contributed by atoms with van der Waals surface area (Å²) in [5.41, 5.74) is 6.55. The third-order valence-corrected chi connectivity index (χ3v) is 3.89. The molecule has 0 spiro atoms. The highest BCUT2D eigenvalue weighted by molar-refractivity contribution is 6.32. The Kier molecular flexibility index (Phi) is 5.34. The minimum absolute atomic E-state index is 0.130. The van der Waals surface area contributed by atoms with Crippen molar-refractivity contribution in [2.24, 2.45) is 0 Å². The van der Waals surface area contributed by atoms with E-state index >= 15 is 0 Å². The summed E-state index contributed by atoms with van der Waals surface area (Å²) in [6.45, 7) is 0.280. The van der Waals surface area contributed by atoms with Crippen LogP contribution in [0.2, 0.25) is 5.02 Å². The van der Waals surface area contributed by atoms with Crippen molar-refractivity contribution in [3.05, 3.63) is 82.8 Å². The summed E-state index contributed by atoms with van der Waals surface area (Å²) in [5, 5.41) is 3.23. The van der Waals surface area contributed by atoms with Gasteiger partial charge < -0.3 is 15.8 Å². The highest BCUT2D eigenvalue weighted by Gasteiger charge is 2.11. The van der Waals surface area contributed by atoms with Crippen molar-refractivity contribution < 1.29 is 13.9 Å². The van der Waals surface area contributed by atoms with E-state index in [9.17, 15) is 9.18 Å². The number of amides is 1. The van der Waals surface area contributed by atoms with Crippen LogP contribution < -0.4 is 15.8 Å². The highest BCUT2D eigenvalue weighted by atomic mass is 35.5. The highest BCUT2D eigenvalue weighted by Crippen LogP contribution is 2.28. The van der Waals surface area contributed by atoms with E-state index in [0.717, 1.165) is 11.6 Å². The fourth-order valence-corrected chi connectivity index (χ4v) is 2.42. The number of nitrogens with two attached hydrogens (primary N) is 1. The molecule has 0 aliphatic carbocycles. The summed E-state index contributed by atoms with van der Waals surface area (Å²) in [6, 6.07) is 16.8. The average molecular weight is 372 g/mol. The topological polar surface area (TPSA) is 77.2 Å². The molecule has 7 heteroatoms. The van der Waals surface area contributed by atoms with Gasteiger partial charge in [-0.1, -0.05) is 35.9 Å². The molecule has 0 saturated heterocycles. The van der Waals surface area contributed by atoms with Crippen molar-refractivity contribution in [2.45, 2.75) is 6.54 Å². The molecule has 0 saturated carbocycles. The van der Waals surface area contributed by atoms with Gasteiger partial charge in [0.25, 0.3) is 5.91 Å². The predicted octanol–water partition coefficient (Wildman–Crippen LogP) is 4.18. The van der Waals surface area contributed by atoms with Crippen LogP contribution in [0.25, 0.3) is 0 Å². The van der Waals surface area contributed by atoms with E-state index in [-0.39, 0.29) is 17.9 Å². The number of rotatable bonds is 5. The molecular weight excluding hydrogens is 357 g/mol. The number of nitrogens with one attached hydrogen (secondary N) is 1. The van der Waals surface area contributed by atoms with Crippen LogP contribution in [0, 0.1) is 5.95 Å². The smallest absolute Gasteiger partial charge is 0.255 e. The molecule has 3 rings (SSSR count). The molecular formula is C19H15ClFN3O2. The van der Waals surface area contributed by atoms with Gasteiger partial charge in [0.1, 0.15) is 17.3 Å². The number of hydrogen-bond acceptors (Lipinski definition) is 4. The van der Waals surface area contributed by atoms with Gasteiger partial charge in [0.15, 0.2) is 0 Å². The summed E-state index contributed by atoms with van der Waals surface area (Å²) < 4.78 is 18.6. The van der Waals surface area contributed by atoms with E-state index in [4.69, 9.17) is 22.1 Å². The van der Waals surface area contributed by atoms with Gasteiger partial charge in [-0.2, -0.15) is 4.39 Å². The maximum Gasteiger partial charge on any atom is 0.255 e. The van der Waals surface area contributed by atoms with E-state index < -0.39 is 11.9 Å². The van der Waals surface area contributed by atoms with Gasteiger partial charge in [-0.05, 0) is 42.0 Å². The fourth-order valence-electron chi connectivity index (χ4n) is 2.25. The van der Waals surface area contributed by atoms with Crippen LogP contribution in [0.4, 0.5) is 10.2 Å². The number of para-hydroxylation sites is 1. The molecule has 0 fully saturated rings. The molecule has 0 radical (unpaired) electrons. The predicted molar refractivity (Wildman–Crippen MR) is 97.7 cm³/mol. The maximum absolute atomic E-state index is 12.9. The first-order valence-corrected chi connectivity index (χ1v) is 8.12. The molecule has 0 aliphatic heterocycles. The Morgan fingerprint density at radius 2 is 1.85 bits per heavy atom. The second kappa shape index (κ2) is 7.84. The van der Waals surface area contributed by atoms with Crippen molar-refractivity contribution in [1.29, 1.82) is 0 Å². The quantitative estimate of drug-likeness (QED) is 0.659. The minimum Gasteiger partial charge on any atom is -0.456 e. The summed E-state index contributed by atoms with van der Waals surface area (Å²) in [7, 11) is 0. The largest absolute Gasteiger partial charge is 0.456 e. The first-order valence-electron chi connectivity index (χ1n) is 7.74. The van der Waals surface area contributed by atoms with Gasteiger partial charge in [-0.3, -0.25) is 4.79 Å². The Balaban J connectivity index is 1.61. The number of halogens is 2. The molecule has 2 aromatic carbocycles. The summed E-state index contributed by atoms with van der Waals surface area (Å²) >= 11 is 6.06. The summed E-state index contributed by atoms with van der Waals surface area (Å²) in [5.74, 6) is -0.111. The number of carbonyl (C=O) groups excluding carboxylic acids is 1. The SMILES string of the molecule is Nc1nc(F)ccc1C(=O)NCc1ccc(Oc2ccccc2Cl)cc1. The van der Waals surface area contributed by atoms with Crippen molar-refractivity contribution in [3.63, 3.8) is 0 Å². The molecule has 0 bridgehead atoms. The van der Waals surface area contributed by atoms with Gasteiger partial charge in [-0.25, -0.2) is 4.98 Å². The molecule has 5 nitrogen and oxygen atoms in total. The van der Waals surface area contributed by atoms with Gasteiger partial charge in [-0.15, -0.1) is 0 Å². The van der Waals surface area contributed by atoms with E-state index in [2.05, 4.69) is 10.3 Å². The molecule has 3 aromatic rings. The van der Waals surface area contributed by atoms with Gasteiger partial charge in [0, 0.05) is 6.54 Å². The lowest BCUT2D eigenvalue weighted by atomic mass is 10.2. The van der Waals surface area contributed by atoms with Crippen molar-refractivity contribution in [2.75, 3.05) is 5.73 Å². The van der Waals surface area contributed by atoms with Crippen LogP contribution in [-0.2, 0) is 6.54 Å². The van der Waals surface area contributed by atoms with E-state index in [1.807, 2.05) is 24.3 Å². The second-order valence-corrected chi connectivity index (χ2v) is 5.83. The van der Waals surface area contributed by atoms with E-state index in [0.29, 0.717) is 16.5 Å². The Labute approximate surface area is 154 Å².